The second kappa shape index (κ2) is 8.44. The number of nitrogens with zero attached hydrogens (tertiary/aromatic N) is 3. The lowest BCUT2D eigenvalue weighted by Crippen LogP contribution is -2.19. The van der Waals surface area contributed by atoms with Gasteiger partial charge in [-0.2, -0.15) is 0 Å². The van der Waals surface area contributed by atoms with Crippen LogP contribution in [0.1, 0.15) is 12.6 Å². The zero-order valence-electron chi connectivity index (χ0n) is 16.3. The third kappa shape index (κ3) is 4.44. The SMILES string of the molecule is CCc1cc(=O)[nH]c(-c2cccc(NC(=O)Nc3ccc(-n4ccnc4)cc3)c2)n1. The Morgan fingerprint density at radius 2 is 1.87 bits per heavy atom. The maximum Gasteiger partial charge on any atom is 0.323 e. The molecular weight excluding hydrogens is 380 g/mol. The molecule has 8 nitrogen and oxygen atoms in total. The number of hydrogen-bond donors (Lipinski definition) is 3. The van der Waals surface area contributed by atoms with Crippen LogP contribution in [0.25, 0.3) is 17.1 Å². The second-order valence-corrected chi connectivity index (χ2v) is 6.62. The van der Waals surface area contributed by atoms with Gasteiger partial charge in [-0.05, 0) is 42.8 Å². The number of imidazole rings is 1. The van der Waals surface area contributed by atoms with Crippen molar-refractivity contribution in [3.8, 4) is 17.1 Å². The predicted octanol–water partition coefficient (Wildman–Crippen LogP) is 3.83. The third-order valence-corrected chi connectivity index (χ3v) is 4.48. The topological polar surface area (TPSA) is 105 Å². The average Bonchev–Trinajstić information content (AvgIpc) is 3.29. The van der Waals surface area contributed by atoms with Gasteiger partial charge in [0, 0.05) is 46.8 Å². The summed E-state index contributed by atoms with van der Waals surface area (Å²) in [5.74, 6) is 0.471. The van der Waals surface area contributed by atoms with E-state index in [0.29, 0.717) is 34.9 Å². The summed E-state index contributed by atoms with van der Waals surface area (Å²) in [5, 5.41) is 5.60. The van der Waals surface area contributed by atoms with E-state index in [2.05, 4.69) is 25.6 Å². The predicted molar refractivity (Wildman–Crippen MR) is 116 cm³/mol. The van der Waals surface area contributed by atoms with Gasteiger partial charge in [-0.1, -0.05) is 19.1 Å². The smallest absolute Gasteiger partial charge is 0.308 e. The van der Waals surface area contributed by atoms with Gasteiger partial charge in [-0.3, -0.25) is 4.79 Å². The number of aromatic amines is 1. The van der Waals surface area contributed by atoms with Gasteiger partial charge in [-0.15, -0.1) is 0 Å². The summed E-state index contributed by atoms with van der Waals surface area (Å²) in [7, 11) is 0. The molecule has 2 heterocycles. The lowest BCUT2D eigenvalue weighted by molar-refractivity contribution is 0.262. The number of aryl methyl sites for hydroxylation is 1. The van der Waals surface area contributed by atoms with Gasteiger partial charge in [0.25, 0.3) is 5.56 Å². The van der Waals surface area contributed by atoms with Gasteiger partial charge < -0.3 is 20.2 Å². The molecule has 0 aliphatic heterocycles. The molecule has 2 amide bonds. The number of aromatic nitrogens is 4. The highest BCUT2D eigenvalue weighted by molar-refractivity contribution is 6.00. The van der Waals surface area contributed by atoms with Crippen molar-refractivity contribution in [2.75, 3.05) is 10.6 Å². The molecule has 0 saturated carbocycles. The molecule has 0 fully saturated rings. The largest absolute Gasteiger partial charge is 0.323 e. The molecule has 0 spiro atoms. The fourth-order valence-corrected chi connectivity index (χ4v) is 2.99. The van der Waals surface area contributed by atoms with E-state index < -0.39 is 0 Å². The molecule has 0 aliphatic rings. The van der Waals surface area contributed by atoms with Gasteiger partial charge in [0.05, 0.1) is 6.33 Å². The van der Waals surface area contributed by atoms with Crippen molar-refractivity contribution in [1.82, 2.24) is 19.5 Å². The molecule has 8 heteroatoms. The molecule has 150 valence electrons. The molecule has 30 heavy (non-hydrogen) atoms. The highest BCUT2D eigenvalue weighted by atomic mass is 16.2. The molecule has 4 aromatic rings. The van der Waals surface area contributed by atoms with Crippen LogP contribution in [-0.4, -0.2) is 25.6 Å². The number of anilines is 2. The van der Waals surface area contributed by atoms with Crippen molar-refractivity contribution < 1.29 is 4.79 Å². The normalized spacial score (nSPS) is 10.6. The first-order chi connectivity index (χ1) is 14.6. The molecule has 0 radical (unpaired) electrons. The van der Waals surface area contributed by atoms with Gasteiger partial charge in [0.2, 0.25) is 0 Å². The number of hydrogen-bond acceptors (Lipinski definition) is 4. The average molecular weight is 400 g/mol. The van der Waals surface area contributed by atoms with Crippen LogP contribution in [0.3, 0.4) is 0 Å². The molecule has 0 saturated heterocycles. The third-order valence-electron chi connectivity index (χ3n) is 4.48. The molecular formula is C22H20N6O2. The number of carbonyl (C=O) groups is 1. The van der Waals surface area contributed by atoms with Gasteiger partial charge in [0.1, 0.15) is 5.82 Å². The van der Waals surface area contributed by atoms with Crippen LogP contribution in [0, 0.1) is 0 Å². The summed E-state index contributed by atoms with van der Waals surface area (Å²) in [6, 6.07) is 15.7. The van der Waals surface area contributed by atoms with E-state index in [-0.39, 0.29) is 11.6 Å². The van der Waals surface area contributed by atoms with E-state index >= 15 is 0 Å². The zero-order valence-corrected chi connectivity index (χ0v) is 16.3. The number of rotatable bonds is 5. The number of urea groups is 1. The summed E-state index contributed by atoms with van der Waals surface area (Å²) >= 11 is 0. The molecule has 3 N–H and O–H groups in total. The van der Waals surface area contributed by atoms with Crippen molar-refractivity contribution in [3.63, 3.8) is 0 Å². The van der Waals surface area contributed by atoms with E-state index in [1.54, 1.807) is 30.7 Å². The monoisotopic (exact) mass is 400 g/mol. The van der Waals surface area contributed by atoms with Crippen molar-refractivity contribution in [2.45, 2.75) is 13.3 Å². The molecule has 4 rings (SSSR count). The Bertz CT molecular complexity index is 1210. The number of carbonyl (C=O) groups excluding carboxylic acids is 1. The van der Waals surface area contributed by atoms with Crippen LogP contribution in [0.5, 0.6) is 0 Å². The lowest BCUT2D eigenvalue weighted by atomic mass is 10.2. The Hall–Kier alpha value is -4.20. The van der Waals surface area contributed by atoms with Crippen LogP contribution in [-0.2, 0) is 6.42 Å². The summed E-state index contributed by atoms with van der Waals surface area (Å²) in [6.07, 6.45) is 5.93. The lowest BCUT2D eigenvalue weighted by Gasteiger charge is -2.10. The van der Waals surface area contributed by atoms with Gasteiger partial charge in [0.15, 0.2) is 0 Å². The number of H-pyrrole nitrogens is 1. The molecule has 0 atom stereocenters. The molecule has 2 aromatic heterocycles. The Labute approximate surface area is 172 Å². The van der Waals surface area contributed by atoms with Crippen LogP contribution in [0.4, 0.5) is 16.2 Å². The minimum atomic E-state index is -0.369. The van der Waals surface area contributed by atoms with Gasteiger partial charge in [-0.25, -0.2) is 14.8 Å². The summed E-state index contributed by atoms with van der Waals surface area (Å²) in [5.41, 5.74) is 3.42. The minimum Gasteiger partial charge on any atom is -0.308 e. The quantitative estimate of drug-likeness (QED) is 0.473. The molecule has 0 aliphatic carbocycles. The minimum absolute atomic E-state index is 0.202. The molecule has 0 bridgehead atoms. The standard InChI is InChI=1S/C22H20N6O2/c1-2-16-13-20(29)27-21(24-16)15-4-3-5-18(12-15)26-22(30)25-17-6-8-19(9-7-17)28-11-10-23-14-28/h3-14H,2H2,1H3,(H,24,27,29)(H2,25,26,30). The van der Waals surface area contributed by atoms with E-state index in [9.17, 15) is 9.59 Å². The Morgan fingerprint density at radius 1 is 1.07 bits per heavy atom. The summed E-state index contributed by atoms with van der Waals surface area (Å²) in [4.78, 5) is 35.4. The fourth-order valence-electron chi connectivity index (χ4n) is 2.99. The Balaban J connectivity index is 1.46. The number of benzene rings is 2. The van der Waals surface area contributed by atoms with E-state index in [0.717, 1.165) is 5.69 Å². The second-order valence-electron chi connectivity index (χ2n) is 6.62. The number of nitrogens with one attached hydrogen (secondary N) is 3. The first-order valence-corrected chi connectivity index (χ1v) is 9.48. The van der Waals surface area contributed by atoms with Gasteiger partial charge >= 0.3 is 6.03 Å². The fraction of sp³-hybridized carbons (Fsp3) is 0.0909. The van der Waals surface area contributed by atoms with Crippen molar-refractivity contribution >= 4 is 17.4 Å². The maximum atomic E-state index is 12.4. The molecule has 0 unspecified atom stereocenters. The maximum absolute atomic E-state index is 12.4. The summed E-state index contributed by atoms with van der Waals surface area (Å²) in [6.45, 7) is 1.94. The zero-order chi connectivity index (χ0) is 20.9. The Kier molecular flexibility index (Phi) is 5.38. The van der Waals surface area contributed by atoms with Crippen LogP contribution in [0.2, 0.25) is 0 Å². The van der Waals surface area contributed by atoms with Crippen molar-refractivity contribution in [3.05, 3.63) is 89.4 Å². The first kappa shape index (κ1) is 19.1. The van der Waals surface area contributed by atoms with Crippen molar-refractivity contribution in [2.24, 2.45) is 0 Å². The molecule has 2 aromatic carbocycles. The van der Waals surface area contributed by atoms with E-state index in [1.165, 1.54) is 6.07 Å². The van der Waals surface area contributed by atoms with E-state index in [1.807, 2.05) is 48.0 Å². The summed E-state index contributed by atoms with van der Waals surface area (Å²) < 4.78 is 1.88. The van der Waals surface area contributed by atoms with Crippen LogP contribution < -0.4 is 16.2 Å². The highest BCUT2D eigenvalue weighted by Gasteiger charge is 2.07. The highest BCUT2D eigenvalue weighted by Crippen LogP contribution is 2.19. The Morgan fingerprint density at radius 3 is 2.60 bits per heavy atom. The van der Waals surface area contributed by atoms with E-state index in [4.69, 9.17) is 0 Å². The van der Waals surface area contributed by atoms with Crippen molar-refractivity contribution in [1.29, 1.82) is 0 Å². The first-order valence-electron chi connectivity index (χ1n) is 9.48. The van der Waals surface area contributed by atoms with Crippen LogP contribution in [0.15, 0.2) is 78.1 Å². The van der Waals surface area contributed by atoms with Crippen LogP contribution >= 0.6 is 0 Å². The number of amides is 2.